The molecule has 2 amide bonds. The predicted molar refractivity (Wildman–Crippen MR) is 86.5 cm³/mol. The number of anilines is 1. The molecule has 0 saturated carbocycles. The molecule has 0 aliphatic carbocycles. The monoisotopic (exact) mass is 304 g/mol. The van der Waals surface area contributed by atoms with Gasteiger partial charge in [-0.3, -0.25) is 0 Å². The Kier molecular flexibility index (Phi) is 6.15. The Balaban J connectivity index is 1.76. The molecule has 21 heavy (non-hydrogen) atoms. The first-order valence-corrected chi connectivity index (χ1v) is 8.05. The third kappa shape index (κ3) is 5.15. The molecule has 0 aliphatic heterocycles. The number of amides is 2. The molecule has 6 heteroatoms. The van der Waals surface area contributed by atoms with Crippen LogP contribution >= 0.6 is 11.5 Å². The molecule has 1 heterocycles. The first-order chi connectivity index (χ1) is 10.3. The summed E-state index contributed by atoms with van der Waals surface area (Å²) in [4.78, 5) is 11.7. The maximum absolute atomic E-state index is 11.7. The lowest BCUT2D eigenvalue weighted by molar-refractivity contribution is 0.252. The topological polar surface area (TPSA) is 66.9 Å². The van der Waals surface area contributed by atoms with Gasteiger partial charge in [-0.05, 0) is 30.1 Å². The van der Waals surface area contributed by atoms with Crippen molar-refractivity contribution in [2.45, 2.75) is 32.6 Å². The van der Waals surface area contributed by atoms with Crippen LogP contribution in [0.1, 0.15) is 32.6 Å². The number of unbranched alkanes of at least 4 members (excludes halogenated alkanes) is 3. The van der Waals surface area contributed by atoms with Crippen molar-refractivity contribution in [3.63, 3.8) is 0 Å². The normalized spacial score (nSPS) is 10.3. The van der Waals surface area contributed by atoms with Gasteiger partial charge in [0.05, 0.1) is 0 Å². The molecule has 0 fully saturated rings. The molecule has 0 radical (unpaired) electrons. The summed E-state index contributed by atoms with van der Waals surface area (Å²) in [7, 11) is 0. The van der Waals surface area contributed by atoms with Crippen molar-refractivity contribution in [3.05, 3.63) is 29.6 Å². The Bertz CT molecular complexity index is 539. The second-order valence-electron chi connectivity index (χ2n) is 4.81. The lowest BCUT2D eigenvalue weighted by Crippen LogP contribution is -2.29. The first kappa shape index (κ1) is 15.4. The van der Waals surface area contributed by atoms with Gasteiger partial charge in [-0.2, -0.15) is 0 Å². The molecule has 0 spiro atoms. The summed E-state index contributed by atoms with van der Waals surface area (Å²) in [6.45, 7) is 2.89. The van der Waals surface area contributed by atoms with E-state index in [0.29, 0.717) is 6.54 Å². The van der Waals surface area contributed by atoms with Crippen LogP contribution in [0.25, 0.3) is 11.3 Å². The second-order valence-corrected chi connectivity index (χ2v) is 5.42. The molecule has 112 valence electrons. The lowest BCUT2D eigenvalue weighted by atomic mass is 10.1. The fourth-order valence-electron chi connectivity index (χ4n) is 1.94. The zero-order valence-corrected chi connectivity index (χ0v) is 12.9. The fraction of sp³-hybridized carbons (Fsp3) is 0.400. The molecular formula is C15H20N4OS. The minimum absolute atomic E-state index is 0.158. The molecule has 5 nitrogen and oxygen atoms in total. The van der Waals surface area contributed by atoms with E-state index in [1.807, 2.05) is 29.6 Å². The number of benzene rings is 1. The molecule has 1 aromatic carbocycles. The zero-order valence-electron chi connectivity index (χ0n) is 12.1. The van der Waals surface area contributed by atoms with Gasteiger partial charge in [0.25, 0.3) is 0 Å². The number of urea groups is 1. The predicted octanol–water partition coefficient (Wildman–Crippen LogP) is 3.91. The van der Waals surface area contributed by atoms with Crippen LogP contribution in [0.4, 0.5) is 10.5 Å². The number of nitrogens with one attached hydrogen (secondary N) is 2. The van der Waals surface area contributed by atoms with Crippen molar-refractivity contribution < 1.29 is 4.79 Å². The highest BCUT2D eigenvalue weighted by atomic mass is 32.1. The average molecular weight is 304 g/mol. The van der Waals surface area contributed by atoms with E-state index in [0.717, 1.165) is 29.8 Å². The van der Waals surface area contributed by atoms with E-state index in [2.05, 4.69) is 27.1 Å². The zero-order chi connectivity index (χ0) is 14.9. The molecule has 2 aromatic rings. The largest absolute Gasteiger partial charge is 0.338 e. The number of nitrogens with zero attached hydrogens (tertiary/aromatic N) is 2. The number of hydrogen-bond donors (Lipinski definition) is 2. The smallest absolute Gasteiger partial charge is 0.319 e. The highest BCUT2D eigenvalue weighted by Crippen LogP contribution is 2.19. The van der Waals surface area contributed by atoms with Crippen molar-refractivity contribution in [2.24, 2.45) is 0 Å². The molecule has 0 bridgehead atoms. The molecule has 2 rings (SSSR count). The van der Waals surface area contributed by atoms with E-state index in [4.69, 9.17) is 0 Å². The molecule has 0 saturated heterocycles. The van der Waals surface area contributed by atoms with Crippen molar-refractivity contribution in [1.82, 2.24) is 14.9 Å². The summed E-state index contributed by atoms with van der Waals surface area (Å²) in [5, 5.41) is 11.6. The van der Waals surface area contributed by atoms with E-state index >= 15 is 0 Å². The standard InChI is InChI=1S/C15H20N4OS/c1-2-3-4-5-10-16-15(20)17-13-8-6-12(7-9-13)14-11-21-19-18-14/h6-9,11H,2-5,10H2,1H3,(H2,16,17,20). The van der Waals surface area contributed by atoms with Gasteiger partial charge in [0.2, 0.25) is 0 Å². The van der Waals surface area contributed by atoms with Crippen molar-refractivity contribution in [3.8, 4) is 11.3 Å². The Labute approximate surface area is 128 Å². The van der Waals surface area contributed by atoms with Gasteiger partial charge in [-0.25, -0.2) is 4.79 Å². The van der Waals surface area contributed by atoms with E-state index < -0.39 is 0 Å². The number of aromatic nitrogens is 2. The fourth-order valence-corrected chi connectivity index (χ4v) is 2.41. The van der Waals surface area contributed by atoms with Crippen LogP contribution < -0.4 is 10.6 Å². The summed E-state index contributed by atoms with van der Waals surface area (Å²) in [6.07, 6.45) is 4.60. The van der Waals surface area contributed by atoms with Crippen LogP contribution in [0.5, 0.6) is 0 Å². The van der Waals surface area contributed by atoms with Gasteiger partial charge in [-0.1, -0.05) is 42.8 Å². The third-order valence-corrected chi connectivity index (χ3v) is 3.62. The van der Waals surface area contributed by atoms with Crippen LogP contribution in [0.15, 0.2) is 29.6 Å². The SMILES string of the molecule is CCCCCCNC(=O)Nc1ccc(-c2csnn2)cc1. The summed E-state index contributed by atoms with van der Waals surface area (Å²) in [6, 6.07) is 7.42. The van der Waals surface area contributed by atoms with E-state index in [1.165, 1.54) is 24.4 Å². The van der Waals surface area contributed by atoms with Crippen molar-refractivity contribution in [1.29, 1.82) is 0 Å². The quantitative estimate of drug-likeness (QED) is 0.762. The molecule has 0 aliphatic rings. The van der Waals surface area contributed by atoms with E-state index in [1.54, 1.807) is 0 Å². The van der Waals surface area contributed by atoms with Crippen LogP contribution in [0, 0.1) is 0 Å². The van der Waals surface area contributed by atoms with Gasteiger partial charge < -0.3 is 10.6 Å². The van der Waals surface area contributed by atoms with Gasteiger partial charge >= 0.3 is 6.03 Å². The molecule has 0 atom stereocenters. The van der Waals surface area contributed by atoms with Crippen LogP contribution in [0.2, 0.25) is 0 Å². The summed E-state index contributed by atoms with van der Waals surface area (Å²) >= 11 is 1.32. The average Bonchev–Trinajstić information content (AvgIpc) is 3.02. The number of carbonyl (C=O) groups excluding carboxylic acids is 1. The van der Waals surface area contributed by atoms with Crippen LogP contribution in [-0.2, 0) is 0 Å². The second kappa shape index (κ2) is 8.36. The lowest BCUT2D eigenvalue weighted by Gasteiger charge is -2.07. The van der Waals surface area contributed by atoms with Gasteiger partial charge in [0.1, 0.15) is 5.69 Å². The third-order valence-electron chi connectivity index (χ3n) is 3.11. The number of hydrogen-bond acceptors (Lipinski definition) is 4. The Morgan fingerprint density at radius 3 is 2.67 bits per heavy atom. The Morgan fingerprint density at radius 2 is 2.00 bits per heavy atom. The number of carbonyl (C=O) groups is 1. The molecule has 2 N–H and O–H groups in total. The molecule has 1 aromatic heterocycles. The minimum Gasteiger partial charge on any atom is -0.338 e. The van der Waals surface area contributed by atoms with Crippen LogP contribution in [-0.4, -0.2) is 22.2 Å². The van der Waals surface area contributed by atoms with Gasteiger partial charge in [0.15, 0.2) is 0 Å². The van der Waals surface area contributed by atoms with Crippen molar-refractivity contribution in [2.75, 3.05) is 11.9 Å². The highest BCUT2D eigenvalue weighted by Gasteiger charge is 2.03. The summed E-state index contributed by atoms with van der Waals surface area (Å²) in [5.74, 6) is 0. The van der Waals surface area contributed by atoms with Crippen LogP contribution in [0.3, 0.4) is 0 Å². The van der Waals surface area contributed by atoms with Gasteiger partial charge in [0, 0.05) is 23.2 Å². The molecule has 0 unspecified atom stereocenters. The van der Waals surface area contributed by atoms with E-state index in [-0.39, 0.29) is 6.03 Å². The van der Waals surface area contributed by atoms with Crippen molar-refractivity contribution >= 4 is 23.3 Å². The first-order valence-electron chi connectivity index (χ1n) is 7.22. The maximum Gasteiger partial charge on any atom is 0.319 e. The summed E-state index contributed by atoms with van der Waals surface area (Å²) < 4.78 is 3.84. The van der Waals surface area contributed by atoms with Gasteiger partial charge in [-0.15, -0.1) is 5.10 Å². The number of rotatable bonds is 7. The molecular weight excluding hydrogens is 284 g/mol. The minimum atomic E-state index is -0.158. The maximum atomic E-state index is 11.7. The Hall–Kier alpha value is -1.95. The highest BCUT2D eigenvalue weighted by molar-refractivity contribution is 7.03. The summed E-state index contributed by atoms with van der Waals surface area (Å²) in [5.41, 5.74) is 2.62. The Morgan fingerprint density at radius 1 is 1.19 bits per heavy atom. The van der Waals surface area contributed by atoms with E-state index in [9.17, 15) is 4.79 Å².